The van der Waals surface area contributed by atoms with E-state index in [1.54, 1.807) is 0 Å². The molecule has 3 heteroatoms. The van der Waals surface area contributed by atoms with E-state index in [9.17, 15) is 0 Å². The van der Waals surface area contributed by atoms with Gasteiger partial charge in [0.1, 0.15) is 0 Å². The molecular formula is C26H54O2Si. The van der Waals surface area contributed by atoms with E-state index in [2.05, 4.69) is 69.2 Å². The highest BCUT2D eigenvalue weighted by molar-refractivity contribution is 6.74. The minimum absolute atomic E-state index is 0.0286. The van der Waals surface area contributed by atoms with Crippen LogP contribution in [0.4, 0.5) is 0 Å². The Morgan fingerprint density at radius 2 is 1.28 bits per heavy atom. The van der Waals surface area contributed by atoms with Crippen molar-refractivity contribution in [3.05, 3.63) is 0 Å². The van der Waals surface area contributed by atoms with Gasteiger partial charge in [0.15, 0.2) is 0 Å². The molecule has 0 amide bonds. The van der Waals surface area contributed by atoms with Crippen LogP contribution in [0.1, 0.15) is 121 Å². The molecule has 0 heterocycles. The van der Waals surface area contributed by atoms with Gasteiger partial charge >= 0.3 is 8.56 Å². The van der Waals surface area contributed by atoms with E-state index in [1.165, 1.54) is 51.4 Å². The Kier molecular flexibility index (Phi) is 9.12. The van der Waals surface area contributed by atoms with Crippen LogP contribution < -0.4 is 0 Å². The molecule has 2 nitrogen and oxygen atoms in total. The second-order valence-electron chi connectivity index (χ2n) is 10.8. The van der Waals surface area contributed by atoms with Crippen LogP contribution in [0.25, 0.3) is 0 Å². The summed E-state index contributed by atoms with van der Waals surface area (Å²) in [6.45, 7) is 24.4. The lowest BCUT2D eigenvalue weighted by Crippen LogP contribution is -2.70. The SMILES string of the molecule is CCC1(CC)CCCC(CC)([Si](OC)(OC)C(C)(C)C(C)C(C)C)C1(CC)CC. The maximum Gasteiger partial charge on any atom is 0.350 e. The molecule has 1 aliphatic carbocycles. The minimum atomic E-state index is -2.65. The Hall–Kier alpha value is 0.137. The molecule has 0 aliphatic heterocycles. The topological polar surface area (TPSA) is 18.5 Å². The summed E-state index contributed by atoms with van der Waals surface area (Å²) >= 11 is 0. The van der Waals surface area contributed by atoms with Gasteiger partial charge in [-0.1, -0.05) is 75.7 Å². The molecule has 0 radical (unpaired) electrons. The zero-order valence-corrected chi connectivity index (χ0v) is 23.1. The van der Waals surface area contributed by atoms with Crippen molar-refractivity contribution in [2.24, 2.45) is 22.7 Å². The monoisotopic (exact) mass is 426 g/mol. The van der Waals surface area contributed by atoms with Gasteiger partial charge < -0.3 is 8.85 Å². The first kappa shape index (κ1) is 27.2. The molecule has 0 aromatic heterocycles. The highest BCUT2D eigenvalue weighted by Gasteiger charge is 2.75. The van der Waals surface area contributed by atoms with E-state index in [0.717, 1.165) is 0 Å². The van der Waals surface area contributed by atoms with Crippen LogP contribution in [0.2, 0.25) is 10.1 Å². The quantitative estimate of drug-likeness (QED) is 0.307. The van der Waals surface area contributed by atoms with Gasteiger partial charge in [0.2, 0.25) is 0 Å². The first-order valence-electron chi connectivity index (χ1n) is 12.6. The first-order valence-corrected chi connectivity index (χ1v) is 14.4. The molecule has 0 aromatic rings. The van der Waals surface area contributed by atoms with E-state index in [1.807, 2.05) is 14.2 Å². The van der Waals surface area contributed by atoms with Gasteiger partial charge in [-0.2, -0.15) is 0 Å². The summed E-state index contributed by atoms with van der Waals surface area (Å²) < 4.78 is 13.6. The van der Waals surface area contributed by atoms with Crippen LogP contribution in [0.3, 0.4) is 0 Å². The van der Waals surface area contributed by atoms with E-state index >= 15 is 0 Å². The maximum absolute atomic E-state index is 6.81. The summed E-state index contributed by atoms with van der Waals surface area (Å²) in [4.78, 5) is 0. The Morgan fingerprint density at radius 3 is 1.59 bits per heavy atom. The molecule has 1 aliphatic rings. The molecule has 0 N–H and O–H groups in total. The Balaban J connectivity index is 4.00. The number of hydrogen-bond donors (Lipinski definition) is 0. The van der Waals surface area contributed by atoms with Crippen LogP contribution in [0.15, 0.2) is 0 Å². The Bertz CT molecular complexity index is 501. The van der Waals surface area contributed by atoms with Gasteiger partial charge in [-0.05, 0) is 67.6 Å². The first-order chi connectivity index (χ1) is 13.5. The van der Waals surface area contributed by atoms with E-state index in [0.29, 0.717) is 17.3 Å². The molecule has 1 rings (SSSR count). The van der Waals surface area contributed by atoms with Crippen molar-refractivity contribution in [3.8, 4) is 0 Å². The fourth-order valence-electron chi connectivity index (χ4n) is 8.65. The van der Waals surface area contributed by atoms with Crippen LogP contribution in [-0.4, -0.2) is 22.8 Å². The molecule has 174 valence electrons. The van der Waals surface area contributed by atoms with Gasteiger partial charge in [-0.3, -0.25) is 0 Å². The summed E-state index contributed by atoms with van der Waals surface area (Å²) in [5.74, 6) is 1.16. The standard InChI is InChI=1S/C26H54O2Si/c1-13-24(14-2)19-18-20-26(17-5,25(24,15-3)16-4)29(27-11,28-12)23(9,10)22(8)21(6)7/h21-22H,13-20H2,1-12H3. The molecule has 0 bridgehead atoms. The molecule has 0 aromatic carbocycles. The van der Waals surface area contributed by atoms with Crippen molar-refractivity contribution in [2.45, 2.75) is 131 Å². The average Bonchev–Trinajstić information content (AvgIpc) is 2.73. The van der Waals surface area contributed by atoms with Crippen LogP contribution in [0.5, 0.6) is 0 Å². The minimum Gasteiger partial charge on any atom is -0.397 e. The fraction of sp³-hybridized carbons (Fsp3) is 1.00. The third-order valence-corrected chi connectivity index (χ3v) is 16.2. The molecule has 0 spiro atoms. The van der Waals surface area contributed by atoms with E-state index in [4.69, 9.17) is 8.85 Å². The summed E-state index contributed by atoms with van der Waals surface area (Å²) in [5.41, 5.74) is 0.653. The summed E-state index contributed by atoms with van der Waals surface area (Å²) in [7, 11) is 1.31. The summed E-state index contributed by atoms with van der Waals surface area (Å²) in [5, 5.41) is 0.157. The lowest BCUT2D eigenvalue weighted by molar-refractivity contribution is -0.0944. The van der Waals surface area contributed by atoms with Gasteiger partial charge in [0.05, 0.1) is 0 Å². The normalized spacial score (nSPS) is 26.0. The number of rotatable bonds is 11. The van der Waals surface area contributed by atoms with Gasteiger partial charge in [0, 0.05) is 24.3 Å². The average molecular weight is 427 g/mol. The molecule has 2 unspecified atom stereocenters. The van der Waals surface area contributed by atoms with Crippen molar-refractivity contribution in [3.63, 3.8) is 0 Å². The van der Waals surface area contributed by atoms with Gasteiger partial charge in [0.25, 0.3) is 0 Å². The van der Waals surface area contributed by atoms with Crippen molar-refractivity contribution >= 4 is 8.56 Å². The fourth-order valence-corrected chi connectivity index (χ4v) is 15.0. The second-order valence-corrected chi connectivity index (χ2v) is 15.1. The maximum atomic E-state index is 6.81. The lowest BCUT2D eigenvalue weighted by atomic mass is 9.46. The molecule has 29 heavy (non-hydrogen) atoms. The summed E-state index contributed by atoms with van der Waals surface area (Å²) in [6.07, 6.45) is 10.1. The van der Waals surface area contributed by atoms with Crippen molar-refractivity contribution in [1.29, 1.82) is 0 Å². The second kappa shape index (κ2) is 9.73. The van der Waals surface area contributed by atoms with Crippen LogP contribution in [-0.2, 0) is 8.85 Å². The molecular weight excluding hydrogens is 372 g/mol. The lowest BCUT2D eigenvalue weighted by Gasteiger charge is -2.70. The van der Waals surface area contributed by atoms with E-state index < -0.39 is 8.56 Å². The van der Waals surface area contributed by atoms with E-state index in [-0.39, 0.29) is 15.5 Å². The Morgan fingerprint density at radius 1 is 0.793 bits per heavy atom. The van der Waals surface area contributed by atoms with Crippen LogP contribution in [0, 0.1) is 22.7 Å². The predicted molar refractivity (Wildman–Crippen MR) is 131 cm³/mol. The largest absolute Gasteiger partial charge is 0.397 e. The molecule has 2 atom stereocenters. The van der Waals surface area contributed by atoms with Crippen LogP contribution >= 0.6 is 0 Å². The number of hydrogen-bond acceptors (Lipinski definition) is 2. The van der Waals surface area contributed by atoms with Crippen molar-refractivity contribution < 1.29 is 8.85 Å². The van der Waals surface area contributed by atoms with Gasteiger partial charge in [-0.15, -0.1) is 0 Å². The summed E-state index contributed by atoms with van der Waals surface area (Å²) in [6, 6.07) is 0. The highest BCUT2D eigenvalue weighted by Crippen LogP contribution is 2.77. The zero-order chi connectivity index (χ0) is 22.7. The van der Waals surface area contributed by atoms with Crippen molar-refractivity contribution in [2.75, 3.05) is 14.2 Å². The third-order valence-electron chi connectivity index (χ3n) is 10.5. The third kappa shape index (κ3) is 3.40. The van der Waals surface area contributed by atoms with Crippen molar-refractivity contribution in [1.82, 2.24) is 0 Å². The predicted octanol–water partition coefficient (Wildman–Crippen LogP) is 8.74. The van der Waals surface area contributed by atoms with Gasteiger partial charge in [-0.25, -0.2) is 0 Å². The smallest absolute Gasteiger partial charge is 0.350 e. The molecule has 1 fully saturated rings. The zero-order valence-electron chi connectivity index (χ0n) is 22.1. The molecule has 0 saturated heterocycles. The Labute approximate surface area is 185 Å². The highest BCUT2D eigenvalue weighted by atomic mass is 28.4. The molecule has 1 saturated carbocycles.